The molecule has 1 saturated carbocycles. The van der Waals surface area contributed by atoms with E-state index in [1.54, 1.807) is 0 Å². The molecule has 0 spiro atoms. The maximum atomic E-state index is 11.9. The first-order chi connectivity index (χ1) is 9.49. The Morgan fingerprint density at radius 3 is 2.70 bits per heavy atom. The molecule has 2 amide bonds. The lowest BCUT2D eigenvalue weighted by Gasteiger charge is -2.08. The van der Waals surface area contributed by atoms with Gasteiger partial charge in [0.15, 0.2) is 0 Å². The van der Waals surface area contributed by atoms with Gasteiger partial charge >= 0.3 is 0 Å². The van der Waals surface area contributed by atoms with Crippen molar-refractivity contribution in [2.75, 3.05) is 6.54 Å². The standard InChI is InChI=1S/C13H15N3O4/c1-8-10(3-2-4-11(8)16(19)20)13(18)14-7-12(17)15-9-5-6-9/h2-4,9H,5-7H2,1H3,(H,14,18)(H,15,17). The number of hydrogen-bond acceptors (Lipinski definition) is 4. The van der Waals surface area contributed by atoms with Crippen molar-refractivity contribution in [2.45, 2.75) is 25.8 Å². The number of rotatable bonds is 5. The highest BCUT2D eigenvalue weighted by Crippen LogP contribution is 2.21. The van der Waals surface area contributed by atoms with Gasteiger partial charge in [0.05, 0.1) is 11.5 Å². The molecule has 7 heteroatoms. The molecular weight excluding hydrogens is 262 g/mol. The average molecular weight is 277 g/mol. The molecule has 1 aromatic carbocycles. The van der Waals surface area contributed by atoms with E-state index in [1.807, 2.05) is 0 Å². The van der Waals surface area contributed by atoms with Crippen molar-refractivity contribution >= 4 is 17.5 Å². The third kappa shape index (κ3) is 3.31. The van der Waals surface area contributed by atoms with Gasteiger partial charge in [-0.1, -0.05) is 6.07 Å². The highest BCUT2D eigenvalue weighted by Gasteiger charge is 2.23. The zero-order chi connectivity index (χ0) is 14.7. The lowest BCUT2D eigenvalue weighted by atomic mass is 10.1. The van der Waals surface area contributed by atoms with Crippen LogP contribution in [0, 0.1) is 17.0 Å². The van der Waals surface area contributed by atoms with Crippen LogP contribution in [0.2, 0.25) is 0 Å². The SMILES string of the molecule is Cc1c(C(=O)NCC(=O)NC2CC2)cccc1[N+](=O)[O-]. The predicted octanol–water partition coefficient (Wildman–Crippen LogP) is 0.912. The van der Waals surface area contributed by atoms with Crippen molar-refractivity contribution in [1.29, 1.82) is 0 Å². The summed E-state index contributed by atoms with van der Waals surface area (Å²) in [6, 6.07) is 4.52. The molecule has 7 nitrogen and oxygen atoms in total. The highest BCUT2D eigenvalue weighted by molar-refractivity contribution is 5.98. The Morgan fingerprint density at radius 1 is 1.40 bits per heavy atom. The summed E-state index contributed by atoms with van der Waals surface area (Å²) < 4.78 is 0. The first-order valence-electron chi connectivity index (χ1n) is 6.30. The Morgan fingerprint density at radius 2 is 2.10 bits per heavy atom. The molecule has 0 radical (unpaired) electrons. The number of nitro benzene ring substituents is 1. The van der Waals surface area contributed by atoms with Gasteiger partial charge in [0.2, 0.25) is 5.91 Å². The Kier molecular flexibility index (Phi) is 3.97. The molecule has 0 atom stereocenters. The molecule has 0 unspecified atom stereocenters. The Balaban J connectivity index is 1.99. The summed E-state index contributed by atoms with van der Waals surface area (Å²) in [5.74, 6) is -0.735. The van der Waals surface area contributed by atoms with Crippen molar-refractivity contribution in [1.82, 2.24) is 10.6 Å². The van der Waals surface area contributed by atoms with E-state index in [2.05, 4.69) is 10.6 Å². The molecule has 20 heavy (non-hydrogen) atoms. The average Bonchev–Trinajstić information content (AvgIpc) is 3.19. The summed E-state index contributed by atoms with van der Waals surface area (Å²) in [6.07, 6.45) is 1.95. The molecule has 0 aromatic heterocycles. The topological polar surface area (TPSA) is 101 Å². The minimum absolute atomic E-state index is 0.111. The second-order valence-corrected chi connectivity index (χ2v) is 4.73. The van der Waals surface area contributed by atoms with E-state index >= 15 is 0 Å². The predicted molar refractivity (Wildman–Crippen MR) is 71.3 cm³/mol. The van der Waals surface area contributed by atoms with Crippen molar-refractivity contribution in [2.24, 2.45) is 0 Å². The van der Waals surface area contributed by atoms with Crippen LogP contribution in [-0.4, -0.2) is 29.3 Å². The van der Waals surface area contributed by atoms with Crippen LogP contribution in [0.1, 0.15) is 28.8 Å². The number of nitrogens with one attached hydrogen (secondary N) is 2. The quantitative estimate of drug-likeness (QED) is 0.617. The van der Waals surface area contributed by atoms with E-state index in [1.165, 1.54) is 25.1 Å². The minimum atomic E-state index is -0.536. The maximum absolute atomic E-state index is 11.9. The van der Waals surface area contributed by atoms with Gasteiger partial charge < -0.3 is 10.6 Å². The molecule has 0 heterocycles. The van der Waals surface area contributed by atoms with Crippen molar-refractivity contribution in [3.8, 4) is 0 Å². The minimum Gasteiger partial charge on any atom is -0.352 e. The molecule has 1 aliphatic rings. The number of nitro groups is 1. The zero-order valence-electron chi connectivity index (χ0n) is 11.0. The van der Waals surface area contributed by atoms with E-state index in [9.17, 15) is 19.7 Å². The molecule has 1 aliphatic carbocycles. The Hall–Kier alpha value is -2.44. The molecule has 0 aliphatic heterocycles. The van der Waals surface area contributed by atoms with Crippen molar-refractivity contribution < 1.29 is 14.5 Å². The molecule has 1 aromatic rings. The number of carbonyl (C=O) groups is 2. The fraction of sp³-hybridized carbons (Fsp3) is 0.385. The molecule has 0 saturated heterocycles. The fourth-order valence-corrected chi connectivity index (χ4v) is 1.83. The van der Waals surface area contributed by atoms with Crippen molar-refractivity contribution in [3.05, 3.63) is 39.4 Å². The van der Waals surface area contributed by atoms with E-state index in [-0.39, 0.29) is 35.3 Å². The lowest BCUT2D eigenvalue weighted by molar-refractivity contribution is -0.385. The molecule has 2 N–H and O–H groups in total. The van der Waals surface area contributed by atoms with E-state index in [0.29, 0.717) is 0 Å². The van der Waals surface area contributed by atoms with Crippen LogP contribution in [0.25, 0.3) is 0 Å². The van der Waals surface area contributed by atoms with Crippen LogP contribution in [0.5, 0.6) is 0 Å². The van der Waals surface area contributed by atoms with Crippen LogP contribution in [0.4, 0.5) is 5.69 Å². The van der Waals surface area contributed by atoms with Gasteiger partial charge in [0, 0.05) is 23.2 Å². The van der Waals surface area contributed by atoms with Gasteiger partial charge in [-0.15, -0.1) is 0 Å². The van der Waals surface area contributed by atoms with Crippen LogP contribution in [0.15, 0.2) is 18.2 Å². The maximum Gasteiger partial charge on any atom is 0.273 e. The number of nitrogens with zero attached hydrogens (tertiary/aromatic N) is 1. The first-order valence-corrected chi connectivity index (χ1v) is 6.30. The monoisotopic (exact) mass is 277 g/mol. The first kappa shape index (κ1) is 14.0. The second kappa shape index (κ2) is 5.68. The largest absolute Gasteiger partial charge is 0.352 e. The van der Waals surface area contributed by atoms with Crippen LogP contribution >= 0.6 is 0 Å². The lowest BCUT2D eigenvalue weighted by Crippen LogP contribution is -2.38. The summed E-state index contributed by atoms with van der Waals surface area (Å²) in [6.45, 7) is 1.38. The molecule has 1 fully saturated rings. The summed E-state index contributed by atoms with van der Waals surface area (Å²) in [5.41, 5.74) is 0.385. The van der Waals surface area contributed by atoms with E-state index in [4.69, 9.17) is 0 Å². The molecule has 2 rings (SSSR count). The van der Waals surface area contributed by atoms with Crippen LogP contribution in [-0.2, 0) is 4.79 Å². The van der Waals surface area contributed by atoms with E-state index in [0.717, 1.165) is 12.8 Å². The zero-order valence-corrected chi connectivity index (χ0v) is 11.0. The van der Waals surface area contributed by atoms with Gasteiger partial charge in [-0.25, -0.2) is 0 Å². The highest BCUT2D eigenvalue weighted by atomic mass is 16.6. The van der Waals surface area contributed by atoms with Gasteiger partial charge in [0.1, 0.15) is 0 Å². The van der Waals surface area contributed by atoms with Crippen molar-refractivity contribution in [3.63, 3.8) is 0 Å². The van der Waals surface area contributed by atoms with E-state index < -0.39 is 10.8 Å². The van der Waals surface area contributed by atoms with Gasteiger partial charge in [-0.05, 0) is 25.8 Å². The third-order valence-corrected chi connectivity index (χ3v) is 3.10. The number of amides is 2. The molecule has 106 valence electrons. The van der Waals surface area contributed by atoms with Gasteiger partial charge in [0.25, 0.3) is 11.6 Å². The Labute approximate surface area is 115 Å². The van der Waals surface area contributed by atoms with Crippen LogP contribution in [0.3, 0.4) is 0 Å². The summed E-state index contributed by atoms with van der Waals surface area (Å²) in [4.78, 5) is 33.7. The molecule has 0 bridgehead atoms. The normalized spacial score (nSPS) is 13.7. The van der Waals surface area contributed by atoms with Crippen LogP contribution < -0.4 is 10.6 Å². The third-order valence-electron chi connectivity index (χ3n) is 3.10. The second-order valence-electron chi connectivity index (χ2n) is 4.73. The Bertz CT molecular complexity index is 567. The summed E-state index contributed by atoms with van der Waals surface area (Å²) >= 11 is 0. The number of carbonyl (C=O) groups excluding carboxylic acids is 2. The summed E-state index contributed by atoms with van der Waals surface area (Å²) in [5, 5.41) is 16.0. The fourth-order valence-electron chi connectivity index (χ4n) is 1.83. The number of hydrogen-bond donors (Lipinski definition) is 2. The number of benzene rings is 1. The smallest absolute Gasteiger partial charge is 0.273 e. The molecular formula is C13H15N3O4. The van der Waals surface area contributed by atoms with Gasteiger partial charge in [-0.2, -0.15) is 0 Å². The van der Waals surface area contributed by atoms with Gasteiger partial charge in [-0.3, -0.25) is 19.7 Å². The summed E-state index contributed by atoms with van der Waals surface area (Å²) in [7, 11) is 0.